The van der Waals surface area contributed by atoms with Gasteiger partial charge >= 0.3 is 0 Å². The van der Waals surface area contributed by atoms with Gasteiger partial charge in [-0.1, -0.05) is 0 Å². The molecule has 80 valence electrons. The molecule has 0 amide bonds. The third-order valence-corrected chi connectivity index (χ3v) is 3.90. The maximum absolute atomic E-state index is 3.49. The summed E-state index contributed by atoms with van der Waals surface area (Å²) in [6.07, 6.45) is 0. The second-order valence-corrected chi connectivity index (χ2v) is 5.50. The van der Waals surface area contributed by atoms with Crippen molar-refractivity contribution in [2.75, 3.05) is 27.2 Å². The van der Waals surface area contributed by atoms with E-state index in [0.29, 0.717) is 6.04 Å². The minimum Gasteiger partial charge on any atom is -0.308 e. The topological polar surface area (TPSA) is 15.3 Å². The van der Waals surface area contributed by atoms with Gasteiger partial charge in [-0.05, 0) is 43.0 Å². The molecule has 0 fully saturated rings. The summed E-state index contributed by atoms with van der Waals surface area (Å²) in [7, 11) is 4.18. The van der Waals surface area contributed by atoms with Crippen molar-refractivity contribution in [1.82, 2.24) is 10.2 Å². The maximum atomic E-state index is 3.49. The first-order chi connectivity index (χ1) is 6.59. The Morgan fingerprint density at radius 1 is 1.57 bits per heavy atom. The Hall–Kier alpha value is 0.1000. The number of thiophene rings is 1. The van der Waals surface area contributed by atoms with E-state index in [0.717, 1.165) is 13.1 Å². The Morgan fingerprint density at radius 3 is 2.79 bits per heavy atom. The van der Waals surface area contributed by atoms with Crippen LogP contribution >= 0.6 is 27.3 Å². The molecular formula is C10H17BrN2S. The molecule has 1 unspecified atom stereocenters. The zero-order chi connectivity index (χ0) is 10.6. The summed E-state index contributed by atoms with van der Waals surface area (Å²) in [6, 6.07) is 2.63. The first-order valence-electron chi connectivity index (χ1n) is 4.71. The van der Waals surface area contributed by atoms with Crippen LogP contribution in [-0.2, 0) is 0 Å². The molecule has 0 aliphatic rings. The van der Waals surface area contributed by atoms with Crippen molar-refractivity contribution in [3.63, 3.8) is 0 Å². The predicted octanol–water partition coefficient (Wildman–Crippen LogP) is 2.72. The Labute approximate surface area is 98.4 Å². The van der Waals surface area contributed by atoms with Crippen molar-refractivity contribution in [3.8, 4) is 0 Å². The van der Waals surface area contributed by atoms with Crippen LogP contribution in [-0.4, -0.2) is 32.1 Å². The molecule has 1 rings (SSSR count). The molecule has 14 heavy (non-hydrogen) atoms. The van der Waals surface area contributed by atoms with Gasteiger partial charge in [0.15, 0.2) is 0 Å². The van der Waals surface area contributed by atoms with Crippen LogP contribution in [0.1, 0.15) is 17.8 Å². The zero-order valence-electron chi connectivity index (χ0n) is 8.88. The highest BCUT2D eigenvalue weighted by atomic mass is 79.9. The summed E-state index contributed by atoms with van der Waals surface area (Å²) in [4.78, 5) is 3.57. The Morgan fingerprint density at radius 2 is 2.29 bits per heavy atom. The minimum atomic E-state index is 0.450. The third kappa shape index (κ3) is 4.09. The van der Waals surface area contributed by atoms with Gasteiger partial charge in [-0.15, -0.1) is 11.3 Å². The first-order valence-corrected chi connectivity index (χ1v) is 6.39. The lowest BCUT2D eigenvalue weighted by molar-refractivity contribution is 0.390. The van der Waals surface area contributed by atoms with E-state index in [2.05, 4.69) is 58.6 Å². The summed E-state index contributed by atoms with van der Waals surface area (Å²) in [6.45, 7) is 4.31. The molecular weight excluding hydrogens is 260 g/mol. The van der Waals surface area contributed by atoms with Crippen LogP contribution in [0.15, 0.2) is 15.9 Å². The van der Waals surface area contributed by atoms with Crippen LogP contribution in [0, 0.1) is 0 Å². The van der Waals surface area contributed by atoms with E-state index >= 15 is 0 Å². The summed E-state index contributed by atoms with van der Waals surface area (Å²) in [5.74, 6) is 0. The Bertz CT molecular complexity index is 273. The minimum absolute atomic E-state index is 0.450. The van der Waals surface area contributed by atoms with Crippen molar-refractivity contribution >= 4 is 27.3 Å². The fourth-order valence-corrected chi connectivity index (χ4v) is 2.64. The van der Waals surface area contributed by atoms with Crippen LogP contribution in [0.25, 0.3) is 0 Å². The van der Waals surface area contributed by atoms with Gasteiger partial charge in [-0.3, -0.25) is 0 Å². The van der Waals surface area contributed by atoms with Gasteiger partial charge < -0.3 is 10.2 Å². The SMILES string of the molecule is CC(NCCN(C)C)c1cc(Br)cs1. The number of hydrogen-bond acceptors (Lipinski definition) is 3. The maximum Gasteiger partial charge on any atom is 0.0386 e. The number of likely N-dealkylation sites (N-methyl/N-ethyl adjacent to an activating group) is 1. The number of nitrogens with zero attached hydrogens (tertiary/aromatic N) is 1. The highest BCUT2D eigenvalue weighted by Crippen LogP contribution is 2.24. The lowest BCUT2D eigenvalue weighted by Crippen LogP contribution is -2.28. The molecule has 0 radical (unpaired) electrons. The predicted molar refractivity (Wildman–Crippen MR) is 67.0 cm³/mol. The molecule has 1 atom stereocenters. The van der Waals surface area contributed by atoms with Crippen LogP contribution in [0.4, 0.5) is 0 Å². The standard InChI is InChI=1S/C10H17BrN2S/c1-8(12-4-5-13(2)3)10-6-9(11)7-14-10/h6-8,12H,4-5H2,1-3H3. The number of rotatable bonds is 5. The molecule has 0 aliphatic heterocycles. The third-order valence-electron chi connectivity index (χ3n) is 2.02. The molecule has 1 heterocycles. The van der Waals surface area contributed by atoms with E-state index in [-0.39, 0.29) is 0 Å². The monoisotopic (exact) mass is 276 g/mol. The molecule has 0 saturated carbocycles. The fourth-order valence-electron chi connectivity index (χ4n) is 1.16. The van der Waals surface area contributed by atoms with Crippen molar-refractivity contribution in [2.24, 2.45) is 0 Å². The summed E-state index contributed by atoms with van der Waals surface area (Å²) >= 11 is 5.26. The van der Waals surface area contributed by atoms with Crippen molar-refractivity contribution in [2.45, 2.75) is 13.0 Å². The molecule has 0 bridgehead atoms. The summed E-state index contributed by atoms with van der Waals surface area (Å²) < 4.78 is 1.18. The second kappa shape index (κ2) is 5.85. The lowest BCUT2D eigenvalue weighted by Gasteiger charge is -2.14. The molecule has 1 N–H and O–H groups in total. The average Bonchev–Trinajstić information content (AvgIpc) is 2.51. The van der Waals surface area contributed by atoms with Crippen LogP contribution in [0.5, 0.6) is 0 Å². The van der Waals surface area contributed by atoms with E-state index in [9.17, 15) is 0 Å². The number of nitrogens with one attached hydrogen (secondary N) is 1. The van der Waals surface area contributed by atoms with Gasteiger partial charge in [0.2, 0.25) is 0 Å². The fraction of sp³-hybridized carbons (Fsp3) is 0.600. The van der Waals surface area contributed by atoms with Gasteiger partial charge in [-0.2, -0.15) is 0 Å². The summed E-state index contributed by atoms with van der Waals surface area (Å²) in [5, 5.41) is 5.62. The Balaban J connectivity index is 2.32. The molecule has 4 heteroatoms. The van der Waals surface area contributed by atoms with E-state index in [1.165, 1.54) is 9.35 Å². The molecule has 0 aromatic carbocycles. The molecule has 2 nitrogen and oxygen atoms in total. The van der Waals surface area contributed by atoms with E-state index in [4.69, 9.17) is 0 Å². The Kier molecular flexibility index (Phi) is 5.09. The van der Waals surface area contributed by atoms with Crippen LogP contribution in [0.2, 0.25) is 0 Å². The summed E-state index contributed by atoms with van der Waals surface area (Å²) in [5.41, 5.74) is 0. The highest BCUT2D eigenvalue weighted by molar-refractivity contribution is 9.10. The van der Waals surface area contributed by atoms with Gasteiger partial charge in [0, 0.05) is 33.9 Å². The van der Waals surface area contributed by atoms with Gasteiger partial charge in [0.1, 0.15) is 0 Å². The van der Waals surface area contributed by atoms with Gasteiger partial charge in [0.25, 0.3) is 0 Å². The van der Waals surface area contributed by atoms with Gasteiger partial charge in [0.05, 0.1) is 0 Å². The quantitative estimate of drug-likeness (QED) is 0.890. The molecule has 0 spiro atoms. The van der Waals surface area contributed by atoms with Crippen LogP contribution < -0.4 is 5.32 Å². The average molecular weight is 277 g/mol. The lowest BCUT2D eigenvalue weighted by atomic mass is 10.3. The van der Waals surface area contributed by atoms with Gasteiger partial charge in [-0.25, -0.2) is 0 Å². The van der Waals surface area contributed by atoms with Crippen LogP contribution in [0.3, 0.4) is 0 Å². The largest absolute Gasteiger partial charge is 0.308 e. The number of halogens is 1. The normalized spacial score (nSPS) is 13.5. The first kappa shape index (κ1) is 12.2. The molecule has 1 aromatic rings. The van der Waals surface area contributed by atoms with E-state index in [1.807, 2.05) is 0 Å². The molecule has 0 aliphatic carbocycles. The zero-order valence-corrected chi connectivity index (χ0v) is 11.3. The molecule has 0 saturated heterocycles. The van der Waals surface area contributed by atoms with E-state index in [1.54, 1.807) is 11.3 Å². The smallest absolute Gasteiger partial charge is 0.0386 e. The highest BCUT2D eigenvalue weighted by Gasteiger charge is 2.06. The van der Waals surface area contributed by atoms with Crippen molar-refractivity contribution in [3.05, 3.63) is 20.8 Å². The number of hydrogen-bond donors (Lipinski definition) is 1. The second-order valence-electron chi connectivity index (χ2n) is 3.65. The molecule has 1 aromatic heterocycles. The van der Waals surface area contributed by atoms with E-state index < -0.39 is 0 Å². The van der Waals surface area contributed by atoms with Crippen molar-refractivity contribution in [1.29, 1.82) is 0 Å². The van der Waals surface area contributed by atoms with Crippen molar-refractivity contribution < 1.29 is 0 Å².